The molecule has 0 unspecified atom stereocenters. The summed E-state index contributed by atoms with van der Waals surface area (Å²) in [6, 6.07) is 16.2. The zero-order valence-electron chi connectivity index (χ0n) is 17.6. The maximum Gasteiger partial charge on any atom is 0.257 e. The van der Waals surface area contributed by atoms with Crippen molar-refractivity contribution in [2.75, 3.05) is 37.9 Å². The molecule has 31 heavy (non-hydrogen) atoms. The zero-order chi connectivity index (χ0) is 22.1. The van der Waals surface area contributed by atoms with E-state index < -0.39 is 0 Å². The zero-order valence-corrected chi connectivity index (χ0v) is 18.4. The van der Waals surface area contributed by atoms with Gasteiger partial charge in [0, 0.05) is 23.2 Å². The average Bonchev–Trinajstić information content (AvgIpc) is 3.19. The first-order chi connectivity index (χ1) is 15.0. The molecule has 3 rings (SSSR count). The van der Waals surface area contributed by atoms with Crippen LogP contribution in [-0.4, -0.2) is 48.9 Å². The summed E-state index contributed by atoms with van der Waals surface area (Å²) in [5.74, 6) is 0.371. The molecule has 1 heterocycles. The minimum atomic E-state index is -0.227. The number of rotatable bonds is 10. The van der Waals surface area contributed by atoms with Crippen LogP contribution in [0.1, 0.15) is 22.5 Å². The van der Waals surface area contributed by atoms with Crippen molar-refractivity contribution in [1.82, 2.24) is 9.88 Å². The number of hydrogen-bond donors (Lipinski definition) is 2. The summed E-state index contributed by atoms with van der Waals surface area (Å²) in [4.78, 5) is 31.0. The maximum atomic E-state index is 12.3. The van der Waals surface area contributed by atoms with Crippen molar-refractivity contribution in [1.29, 1.82) is 0 Å². The molecule has 2 aromatic carbocycles. The fraction of sp³-hybridized carbons (Fsp3) is 0.261. The highest BCUT2D eigenvalue weighted by Crippen LogP contribution is 2.19. The first-order valence-electron chi connectivity index (χ1n) is 9.98. The van der Waals surface area contributed by atoms with E-state index in [9.17, 15) is 9.59 Å². The average molecular weight is 439 g/mol. The topological polar surface area (TPSA) is 83.6 Å². The summed E-state index contributed by atoms with van der Waals surface area (Å²) in [7, 11) is 4.06. The molecule has 0 saturated heterocycles. The maximum absolute atomic E-state index is 12.3. The molecule has 0 spiro atoms. The van der Waals surface area contributed by atoms with E-state index >= 15 is 0 Å². The van der Waals surface area contributed by atoms with Crippen LogP contribution in [0.4, 0.5) is 10.8 Å². The van der Waals surface area contributed by atoms with Crippen LogP contribution in [0, 0.1) is 0 Å². The SMILES string of the molecule is CN(C)CCCOc1ccc(NC(=O)Cc2csc(NC(=O)c3ccccc3)n2)cc1. The molecule has 3 aromatic rings. The molecule has 0 bridgehead atoms. The summed E-state index contributed by atoms with van der Waals surface area (Å²) in [5.41, 5.74) is 1.85. The Morgan fingerprint density at radius 3 is 2.48 bits per heavy atom. The molecule has 0 aliphatic carbocycles. The van der Waals surface area contributed by atoms with E-state index in [-0.39, 0.29) is 18.2 Å². The molecule has 0 fully saturated rings. The number of thiazole rings is 1. The molecule has 0 radical (unpaired) electrons. The van der Waals surface area contributed by atoms with E-state index in [2.05, 4.69) is 20.5 Å². The van der Waals surface area contributed by atoms with Crippen LogP contribution in [0.5, 0.6) is 5.75 Å². The van der Waals surface area contributed by atoms with Crippen molar-refractivity contribution >= 4 is 34.0 Å². The van der Waals surface area contributed by atoms with Gasteiger partial charge in [0.05, 0.1) is 18.7 Å². The largest absolute Gasteiger partial charge is 0.494 e. The molecule has 0 saturated carbocycles. The number of amides is 2. The lowest BCUT2D eigenvalue weighted by Crippen LogP contribution is -2.16. The lowest BCUT2D eigenvalue weighted by Gasteiger charge is -2.11. The Bertz CT molecular complexity index is 988. The van der Waals surface area contributed by atoms with Gasteiger partial charge in [0.1, 0.15) is 5.75 Å². The Hall–Kier alpha value is -3.23. The lowest BCUT2D eigenvalue weighted by atomic mass is 10.2. The number of carbonyl (C=O) groups excluding carboxylic acids is 2. The monoisotopic (exact) mass is 438 g/mol. The Morgan fingerprint density at radius 1 is 1.03 bits per heavy atom. The predicted octanol–water partition coefficient (Wildman–Crippen LogP) is 3.91. The van der Waals surface area contributed by atoms with Crippen LogP contribution in [0.25, 0.3) is 0 Å². The number of nitrogens with zero attached hydrogens (tertiary/aromatic N) is 2. The van der Waals surface area contributed by atoms with Crippen LogP contribution in [-0.2, 0) is 11.2 Å². The normalized spacial score (nSPS) is 10.7. The van der Waals surface area contributed by atoms with E-state index in [1.54, 1.807) is 29.6 Å². The summed E-state index contributed by atoms with van der Waals surface area (Å²) in [5, 5.41) is 7.84. The van der Waals surface area contributed by atoms with E-state index in [1.807, 2.05) is 44.4 Å². The second-order valence-corrected chi connectivity index (χ2v) is 8.08. The second-order valence-electron chi connectivity index (χ2n) is 7.22. The Labute approximate surface area is 186 Å². The minimum Gasteiger partial charge on any atom is -0.494 e. The van der Waals surface area contributed by atoms with Crippen LogP contribution >= 0.6 is 11.3 Å². The van der Waals surface area contributed by atoms with Gasteiger partial charge in [0.25, 0.3) is 5.91 Å². The summed E-state index contributed by atoms with van der Waals surface area (Å²) in [6.45, 7) is 1.62. The van der Waals surface area contributed by atoms with Gasteiger partial charge in [-0.3, -0.25) is 14.9 Å². The number of nitrogens with one attached hydrogen (secondary N) is 2. The van der Waals surface area contributed by atoms with E-state index in [0.29, 0.717) is 28.7 Å². The third-order valence-electron chi connectivity index (χ3n) is 4.31. The third kappa shape index (κ3) is 7.51. The Morgan fingerprint density at radius 2 is 1.77 bits per heavy atom. The van der Waals surface area contributed by atoms with Gasteiger partial charge >= 0.3 is 0 Å². The van der Waals surface area contributed by atoms with Crippen molar-refractivity contribution in [3.8, 4) is 5.75 Å². The molecule has 2 N–H and O–H groups in total. The predicted molar refractivity (Wildman–Crippen MR) is 124 cm³/mol. The Kier molecular flexibility index (Phi) is 8.14. The van der Waals surface area contributed by atoms with Crippen LogP contribution in [0.3, 0.4) is 0 Å². The van der Waals surface area contributed by atoms with Gasteiger partial charge in [0.15, 0.2) is 5.13 Å². The van der Waals surface area contributed by atoms with Gasteiger partial charge in [0.2, 0.25) is 5.91 Å². The van der Waals surface area contributed by atoms with Gasteiger partial charge in [-0.2, -0.15) is 0 Å². The van der Waals surface area contributed by atoms with Crippen LogP contribution < -0.4 is 15.4 Å². The van der Waals surface area contributed by atoms with Crippen molar-refractivity contribution < 1.29 is 14.3 Å². The van der Waals surface area contributed by atoms with Crippen molar-refractivity contribution in [2.24, 2.45) is 0 Å². The number of anilines is 2. The molecule has 7 nitrogen and oxygen atoms in total. The number of aromatic nitrogens is 1. The molecule has 1 aromatic heterocycles. The first-order valence-corrected chi connectivity index (χ1v) is 10.9. The highest BCUT2D eigenvalue weighted by atomic mass is 32.1. The summed E-state index contributed by atoms with van der Waals surface area (Å²) in [6.07, 6.45) is 1.08. The van der Waals surface area contributed by atoms with Crippen molar-refractivity contribution in [3.63, 3.8) is 0 Å². The number of hydrogen-bond acceptors (Lipinski definition) is 6. The van der Waals surface area contributed by atoms with Gasteiger partial charge in [-0.1, -0.05) is 18.2 Å². The molecular formula is C23H26N4O3S. The minimum absolute atomic E-state index is 0.125. The molecular weight excluding hydrogens is 412 g/mol. The van der Waals surface area contributed by atoms with E-state index in [0.717, 1.165) is 18.7 Å². The molecule has 2 amide bonds. The quantitative estimate of drug-likeness (QED) is 0.469. The molecule has 8 heteroatoms. The van der Waals surface area contributed by atoms with Crippen LogP contribution in [0.2, 0.25) is 0 Å². The molecule has 0 aliphatic rings. The molecule has 162 valence electrons. The van der Waals surface area contributed by atoms with Gasteiger partial charge < -0.3 is 15.0 Å². The fourth-order valence-electron chi connectivity index (χ4n) is 2.78. The van der Waals surface area contributed by atoms with E-state index in [1.165, 1.54) is 11.3 Å². The van der Waals surface area contributed by atoms with Gasteiger partial charge in [-0.05, 0) is 56.9 Å². The summed E-state index contributed by atoms with van der Waals surface area (Å²) >= 11 is 1.29. The fourth-order valence-corrected chi connectivity index (χ4v) is 3.48. The smallest absolute Gasteiger partial charge is 0.257 e. The van der Waals surface area contributed by atoms with Gasteiger partial charge in [-0.15, -0.1) is 11.3 Å². The van der Waals surface area contributed by atoms with E-state index in [4.69, 9.17) is 4.74 Å². The van der Waals surface area contributed by atoms with Crippen LogP contribution in [0.15, 0.2) is 60.0 Å². The second kappa shape index (κ2) is 11.2. The first kappa shape index (κ1) is 22.5. The molecule has 0 atom stereocenters. The lowest BCUT2D eigenvalue weighted by molar-refractivity contribution is -0.115. The Balaban J connectivity index is 1.45. The summed E-state index contributed by atoms with van der Waals surface area (Å²) < 4.78 is 5.70. The van der Waals surface area contributed by atoms with Crippen molar-refractivity contribution in [2.45, 2.75) is 12.8 Å². The third-order valence-corrected chi connectivity index (χ3v) is 5.11. The van der Waals surface area contributed by atoms with Crippen molar-refractivity contribution in [3.05, 3.63) is 71.2 Å². The highest BCUT2D eigenvalue weighted by Gasteiger charge is 2.11. The standard InChI is InChI=1S/C23H26N4O3S/c1-27(2)13-6-14-30-20-11-9-18(10-12-20)24-21(28)15-19-16-31-23(25-19)26-22(29)17-7-4-3-5-8-17/h3-5,7-12,16H,6,13-15H2,1-2H3,(H,24,28)(H,25,26,29). The number of ether oxygens (including phenoxy) is 1. The molecule has 0 aliphatic heterocycles. The van der Waals surface area contributed by atoms with Gasteiger partial charge in [-0.25, -0.2) is 4.98 Å². The number of carbonyl (C=O) groups is 2. The number of benzene rings is 2. The highest BCUT2D eigenvalue weighted by molar-refractivity contribution is 7.14.